The average molecular weight is 404 g/mol. The SMILES string of the molecule is CCCc1cccc(-c2cc(NC(=O)C3CNC(=O)CO3)nn2-c2ccccc2)c1. The van der Waals surface area contributed by atoms with Gasteiger partial charge in [0, 0.05) is 11.6 Å². The number of benzene rings is 2. The monoisotopic (exact) mass is 404 g/mol. The summed E-state index contributed by atoms with van der Waals surface area (Å²) >= 11 is 0. The molecule has 30 heavy (non-hydrogen) atoms. The van der Waals surface area contributed by atoms with Crippen LogP contribution in [0.1, 0.15) is 18.9 Å². The summed E-state index contributed by atoms with van der Waals surface area (Å²) < 4.78 is 7.14. The fourth-order valence-electron chi connectivity index (χ4n) is 3.46. The van der Waals surface area contributed by atoms with E-state index >= 15 is 0 Å². The second-order valence-corrected chi connectivity index (χ2v) is 7.21. The lowest BCUT2D eigenvalue weighted by Crippen LogP contribution is -2.48. The number of rotatable bonds is 6. The van der Waals surface area contributed by atoms with Crippen LogP contribution in [0.3, 0.4) is 0 Å². The predicted molar refractivity (Wildman–Crippen MR) is 114 cm³/mol. The van der Waals surface area contributed by atoms with E-state index < -0.39 is 6.10 Å². The van der Waals surface area contributed by atoms with Crippen molar-refractivity contribution in [1.29, 1.82) is 0 Å². The number of carbonyl (C=O) groups excluding carboxylic acids is 2. The molecule has 1 aliphatic heterocycles. The van der Waals surface area contributed by atoms with Crippen LogP contribution < -0.4 is 10.6 Å². The summed E-state index contributed by atoms with van der Waals surface area (Å²) in [6.07, 6.45) is 1.34. The van der Waals surface area contributed by atoms with E-state index in [1.807, 2.05) is 53.2 Å². The summed E-state index contributed by atoms with van der Waals surface area (Å²) in [6, 6.07) is 20.0. The second-order valence-electron chi connectivity index (χ2n) is 7.21. The molecule has 3 aromatic rings. The molecule has 0 bridgehead atoms. The smallest absolute Gasteiger partial charge is 0.256 e. The fourth-order valence-corrected chi connectivity index (χ4v) is 3.46. The first-order chi connectivity index (χ1) is 14.6. The Morgan fingerprint density at radius 3 is 2.77 bits per heavy atom. The summed E-state index contributed by atoms with van der Waals surface area (Å²) in [5, 5.41) is 10.1. The molecule has 2 aromatic carbocycles. The first kappa shape index (κ1) is 19.8. The van der Waals surface area contributed by atoms with Crippen LogP contribution in [-0.4, -0.2) is 40.9 Å². The van der Waals surface area contributed by atoms with Gasteiger partial charge in [-0.3, -0.25) is 9.59 Å². The van der Waals surface area contributed by atoms with E-state index in [1.165, 1.54) is 5.56 Å². The number of amides is 2. The van der Waals surface area contributed by atoms with E-state index in [0.717, 1.165) is 29.8 Å². The summed E-state index contributed by atoms with van der Waals surface area (Å²) in [6.45, 7) is 2.19. The molecular formula is C23H24N4O3. The number of ether oxygens (including phenoxy) is 1. The third-order valence-electron chi connectivity index (χ3n) is 4.92. The minimum absolute atomic E-state index is 0.119. The van der Waals surface area contributed by atoms with Gasteiger partial charge in [0.1, 0.15) is 6.61 Å². The maximum atomic E-state index is 12.6. The van der Waals surface area contributed by atoms with Gasteiger partial charge >= 0.3 is 0 Å². The topological polar surface area (TPSA) is 85.2 Å². The maximum absolute atomic E-state index is 12.6. The molecule has 0 radical (unpaired) electrons. The number of nitrogens with one attached hydrogen (secondary N) is 2. The van der Waals surface area contributed by atoms with Crippen molar-refractivity contribution < 1.29 is 14.3 Å². The lowest BCUT2D eigenvalue weighted by Gasteiger charge is -2.21. The number of carbonyl (C=O) groups is 2. The van der Waals surface area contributed by atoms with Crippen molar-refractivity contribution >= 4 is 17.6 Å². The number of hydrogen-bond donors (Lipinski definition) is 2. The number of morpholine rings is 1. The third-order valence-corrected chi connectivity index (χ3v) is 4.92. The Morgan fingerprint density at radius 1 is 1.20 bits per heavy atom. The van der Waals surface area contributed by atoms with Crippen molar-refractivity contribution in [2.45, 2.75) is 25.9 Å². The molecule has 0 aliphatic carbocycles. The van der Waals surface area contributed by atoms with E-state index in [0.29, 0.717) is 5.82 Å². The van der Waals surface area contributed by atoms with Crippen molar-refractivity contribution in [3.63, 3.8) is 0 Å². The highest BCUT2D eigenvalue weighted by molar-refractivity contribution is 5.95. The van der Waals surface area contributed by atoms with E-state index in [-0.39, 0.29) is 25.0 Å². The van der Waals surface area contributed by atoms with Crippen molar-refractivity contribution in [3.8, 4) is 16.9 Å². The van der Waals surface area contributed by atoms with Crippen LogP contribution in [0, 0.1) is 0 Å². The van der Waals surface area contributed by atoms with Crippen LogP contribution in [0.25, 0.3) is 16.9 Å². The quantitative estimate of drug-likeness (QED) is 0.662. The van der Waals surface area contributed by atoms with Gasteiger partial charge in [0.05, 0.1) is 17.9 Å². The number of hydrogen-bond acceptors (Lipinski definition) is 4. The number of para-hydroxylation sites is 1. The van der Waals surface area contributed by atoms with Crippen LogP contribution in [0.4, 0.5) is 5.82 Å². The summed E-state index contributed by atoms with van der Waals surface area (Å²) in [5.41, 5.74) is 4.06. The maximum Gasteiger partial charge on any atom is 0.256 e. The molecular weight excluding hydrogens is 380 g/mol. The van der Waals surface area contributed by atoms with Gasteiger partial charge in [0.15, 0.2) is 11.9 Å². The number of anilines is 1. The number of nitrogens with zero attached hydrogens (tertiary/aromatic N) is 2. The normalized spacial score (nSPS) is 16.2. The van der Waals surface area contributed by atoms with Crippen LogP contribution in [0.2, 0.25) is 0 Å². The molecule has 154 valence electrons. The van der Waals surface area contributed by atoms with Gasteiger partial charge in [0.2, 0.25) is 5.91 Å². The molecule has 0 spiro atoms. The molecule has 7 heteroatoms. The zero-order valence-electron chi connectivity index (χ0n) is 16.8. The summed E-state index contributed by atoms with van der Waals surface area (Å²) in [5.74, 6) is -0.124. The molecule has 1 aliphatic rings. The zero-order valence-corrected chi connectivity index (χ0v) is 16.8. The van der Waals surface area contributed by atoms with Crippen molar-refractivity contribution in [2.75, 3.05) is 18.5 Å². The lowest BCUT2D eigenvalue weighted by atomic mass is 10.0. The molecule has 1 aromatic heterocycles. The highest BCUT2D eigenvalue weighted by atomic mass is 16.5. The highest BCUT2D eigenvalue weighted by Crippen LogP contribution is 2.27. The Kier molecular flexibility index (Phi) is 5.90. The summed E-state index contributed by atoms with van der Waals surface area (Å²) in [7, 11) is 0. The Balaban J connectivity index is 1.65. The Hall–Kier alpha value is -3.45. The second kappa shape index (κ2) is 8.92. The van der Waals surface area contributed by atoms with Crippen LogP contribution >= 0.6 is 0 Å². The molecule has 0 saturated carbocycles. The van der Waals surface area contributed by atoms with E-state index in [1.54, 1.807) is 0 Å². The minimum Gasteiger partial charge on any atom is -0.357 e. The van der Waals surface area contributed by atoms with Gasteiger partial charge in [-0.1, -0.05) is 49.7 Å². The Morgan fingerprint density at radius 2 is 2.03 bits per heavy atom. The summed E-state index contributed by atoms with van der Waals surface area (Å²) in [4.78, 5) is 23.8. The molecule has 2 amide bonds. The van der Waals surface area contributed by atoms with Gasteiger partial charge in [-0.2, -0.15) is 0 Å². The Bertz CT molecular complexity index is 1040. The Labute approximate surface area is 175 Å². The third kappa shape index (κ3) is 4.41. The molecule has 7 nitrogen and oxygen atoms in total. The first-order valence-corrected chi connectivity index (χ1v) is 10.1. The predicted octanol–water partition coefficient (Wildman–Crippen LogP) is 2.95. The van der Waals surface area contributed by atoms with Crippen LogP contribution in [0.15, 0.2) is 60.7 Å². The molecule has 1 unspecified atom stereocenters. The molecule has 1 fully saturated rings. The van der Waals surface area contributed by atoms with Gasteiger partial charge in [-0.15, -0.1) is 5.10 Å². The standard InChI is InChI=1S/C23H24N4O3/c1-2-7-16-8-6-9-17(12-16)19-13-21(26-27(19)18-10-4-3-5-11-18)25-23(29)20-14-24-22(28)15-30-20/h3-6,8-13,20H,2,7,14-15H2,1H3,(H,24,28)(H,25,26,29). The average Bonchev–Trinajstić information content (AvgIpc) is 3.19. The van der Waals surface area contributed by atoms with Crippen molar-refractivity contribution in [3.05, 3.63) is 66.2 Å². The van der Waals surface area contributed by atoms with Gasteiger partial charge in [-0.05, 0) is 30.2 Å². The largest absolute Gasteiger partial charge is 0.357 e. The zero-order chi connectivity index (χ0) is 20.9. The molecule has 1 saturated heterocycles. The fraction of sp³-hybridized carbons (Fsp3) is 0.261. The highest BCUT2D eigenvalue weighted by Gasteiger charge is 2.26. The van der Waals surface area contributed by atoms with Crippen LogP contribution in [-0.2, 0) is 20.7 Å². The molecule has 1 atom stereocenters. The number of aromatic nitrogens is 2. The van der Waals surface area contributed by atoms with E-state index in [4.69, 9.17) is 4.74 Å². The minimum atomic E-state index is -0.735. The van der Waals surface area contributed by atoms with E-state index in [9.17, 15) is 9.59 Å². The lowest BCUT2D eigenvalue weighted by molar-refractivity contribution is -0.140. The van der Waals surface area contributed by atoms with Gasteiger partial charge in [0.25, 0.3) is 5.91 Å². The van der Waals surface area contributed by atoms with Gasteiger partial charge < -0.3 is 15.4 Å². The number of aryl methyl sites for hydroxylation is 1. The van der Waals surface area contributed by atoms with Crippen molar-refractivity contribution in [2.24, 2.45) is 0 Å². The van der Waals surface area contributed by atoms with Crippen molar-refractivity contribution in [1.82, 2.24) is 15.1 Å². The van der Waals surface area contributed by atoms with E-state index in [2.05, 4.69) is 34.8 Å². The van der Waals surface area contributed by atoms with Gasteiger partial charge in [-0.25, -0.2) is 4.68 Å². The molecule has 4 rings (SSSR count). The molecule has 2 heterocycles. The molecule has 2 N–H and O–H groups in total. The van der Waals surface area contributed by atoms with Crippen LogP contribution in [0.5, 0.6) is 0 Å². The first-order valence-electron chi connectivity index (χ1n) is 10.1.